The van der Waals surface area contributed by atoms with E-state index in [0.29, 0.717) is 22.3 Å². The summed E-state index contributed by atoms with van der Waals surface area (Å²) >= 11 is 6.62. The highest BCUT2D eigenvalue weighted by Gasteiger charge is 2.64. The van der Waals surface area contributed by atoms with Crippen molar-refractivity contribution in [2.75, 3.05) is 26.6 Å². The Morgan fingerprint density at radius 2 is 1.66 bits per heavy atom. The molecule has 1 unspecified atom stereocenters. The number of nitrogens with one attached hydrogen (secondary N) is 2. The lowest BCUT2D eigenvalue weighted by molar-refractivity contribution is -0.130. The Balaban J connectivity index is 1.51. The Bertz CT molecular complexity index is 2320. The van der Waals surface area contributed by atoms with E-state index in [1.54, 1.807) is 31.2 Å². The Labute approximate surface area is 271 Å². The number of fused-ring (bicyclic) bond motifs is 3. The van der Waals surface area contributed by atoms with Crippen molar-refractivity contribution in [3.05, 3.63) is 94.5 Å². The van der Waals surface area contributed by atoms with Gasteiger partial charge in [0, 0.05) is 49.0 Å². The predicted octanol–water partition coefficient (Wildman–Crippen LogP) is 3.04. The van der Waals surface area contributed by atoms with Crippen LogP contribution in [0.5, 0.6) is 23.0 Å². The number of halogens is 1. The quantitative estimate of drug-likeness (QED) is 0.312. The van der Waals surface area contributed by atoms with Crippen molar-refractivity contribution in [1.29, 1.82) is 0 Å². The molecule has 2 aliphatic heterocycles. The van der Waals surface area contributed by atoms with Gasteiger partial charge in [-0.15, -0.1) is 0 Å². The zero-order valence-corrected chi connectivity index (χ0v) is 27.0. The highest BCUT2D eigenvalue weighted by Crippen LogP contribution is 2.56. The molecule has 2 aromatic heterocycles. The number of carbonyl (C=O) groups is 2. The minimum absolute atomic E-state index is 0.00655. The van der Waals surface area contributed by atoms with Crippen molar-refractivity contribution in [2.24, 2.45) is 20.0 Å². The minimum atomic E-state index is -2.11. The summed E-state index contributed by atoms with van der Waals surface area (Å²) in [7, 11) is 7.07. The molecule has 7 rings (SSSR count). The lowest BCUT2D eigenvalue weighted by Crippen LogP contribution is -2.58. The SMILES string of the molecule is COc1ccc2cc(C3C4=C(C[C@@H](C)[C@]5(Oc6c(Cl)c(OC)cc(OC)c6C5=O)C4=O)Nc4c3c(=O)n(C)c(=O)n4C)c(=O)[nH]c2c1. The second kappa shape index (κ2) is 10.4. The van der Waals surface area contributed by atoms with Crippen molar-refractivity contribution in [3.8, 4) is 23.0 Å². The lowest BCUT2D eigenvalue weighted by atomic mass is 9.66. The van der Waals surface area contributed by atoms with Crippen LogP contribution in [0.3, 0.4) is 0 Å². The van der Waals surface area contributed by atoms with Gasteiger partial charge in [0.15, 0.2) is 5.75 Å². The van der Waals surface area contributed by atoms with Gasteiger partial charge in [0.1, 0.15) is 33.7 Å². The summed E-state index contributed by atoms with van der Waals surface area (Å²) in [4.78, 5) is 73.3. The first-order valence-corrected chi connectivity index (χ1v) is 15.0. The van der Waals surface area contributed by atoms with Crippen molar-refractivity contribution in [3.63, 3.8) is 0 Å². The van der Waals surface area contributed by atoms with Gasteiger partial charge in [-0.3, -0.25) is 28.3 Å². The minimum Gasteiger partial charge on any atom is -0.497 e. The molecule has 0 bridgehead atoms. The first-order chi connectivity index (χ1) is 22.4. The van der Waals surface area contributed by atoms with E-state index in [0.717, 1.165) is 4.57 Å². The Morgan fingerprint density at radius 1 is 0.936 bits per heavy atom. The fourth-order valence-electron chi connectivity index (χ4n) is 7.04. The number of rotatable bonds is 4. The number of anilines is 1. The number of hydrogen-bond acceptors (Lipinski definition) is 10. The third kappa shape index (κ3) is 3.92. The molecule has 242 valence electrons. The first-order valence-electron chi connectivity index (χ1n) is 14.6. The molecule has 0 fully saturated rings. The van der Waals surface area contributed by atoms with Crippen molar-refractivity contribution < 1.29 is 28.5 Å². The maximum Gasteiger partial charge on any atom is 0.332 e. The third-order valence-corrected chi connectivity index (χ3v) is 9.83. The molecule has 3 atom stereocenters. The van der Waals surface area contributed by atoms with Gasteiger partial charge in [-0.1, -0.05) is 18.5 Å². The average Bonchev–Trinajstić information content (AvgIpc) is 3.38. The van der Waals surface area contributed by atoms with Crippen LogP contribution in [0.1, 0.15) is 40.7 Å². The van der Waals surface area contributed by atoms with Crippen molar-refractivity contribution in [1.82, 2.24) is 14.1 Å². The number of pyridine rings is 1. The number of nitrogens with zero attached hydrogens (tertiary/aromatic N) is 2. The van der Waals surface area contributed by atoms with E-state index >= 15 is 4.79 Å². The number of H-pyrrole nitrogens is 1. The summed E-state index contributed by atoms with van der Waals surface area (Å²) in [5.74, 6) is -2.59. The van der Waals surface area contributed by atoms with Crippen LogP contribution in [0.4, 0.5) is 5.82 Å². The van der Waals surface area contributed by atoms with Gasteiger partial charge < -0.3 is 29.2 Å². The molecule has 2 aromatic carbocycles. The van der Waals surface area contributed by atoms with E-state index in [9.17, 15) is 19.2 Å². The summed E-state index contributed by atoms with van der Waals surface area (Å²) in [5, 5.41) is 3.73. The number of aromatic amines is 1. The molecule has 13 nitrogen and oxygen atoms in total. The number of hydrogen-bond donors (Lipinski definition) is 2. The van der Waals surface area contributed by atoms with Gasteiger partial charge in [0.05, 0.1) is 38.3 Å². The van der Waals surface area contributed by atoms with E-state index in [4.69, 9.17) is 30.5 Å². The van der Waals surface area contributed by atoms with Crippen LogP contribution in [0.25, 0.3) is 10.9 Å². The van der Waals surface area contributed by atoms with Crippen LogP contribution < -0.4 is 41.1 Å². The monoisotopic (exact) mass is 660 g/mol. The summed E-state index contributed by atoms with van der Waals surface area (Å²) in [6.45, 7) is 1.69. The molecule has 2 N–H and O–H groups in total. The number of benzene rings is 2. The standard InChI is InChI=1S/C33H29ClN4O9/c1-13-9-18-22(27(39)33(13)28(40)23-19(45-5)12-20(46-6)25(34)26(23)47-33)21(24-29(35-18)37(2)32(43)38(3)31(24)42)16-10-14-7-8-15(44-4)11-17(14)36-30(16)41/h7-8,10-13,21,35H,9H2,1-6H3,(H,36,41)/t13-,21?,33+/m1/s1. The molecule has 0 radical (unpaired) electrons. The molecule has 1 aliphatic carbocycles. The molecule has 4 aromatic rings. The van der Waals surface area contributed by atoms with E-state index in [2.05, 4.69) is 10.3 Å². The molecule has 3 aliphatic rings. The highest BCUT2D eigenvalue weighted by atomic mass is 35.5. The Morgan fingerprint density at radius 3 is 2.34 bits per heavy atom. The molecule has 1 spiro atoms. The molecular formula is C33H29ClN4O9. The van der Waals surface area contributed by atoms with E-state index in [1.165, 1.54) is 46.1 Å². The van der Waals surface area contributed by atoms with Gasteiger partial charge in [0.2, 0.25) is 17.2 Å². The van der Waals surface area contributed by atoms with Gasteiger partial charge in [-0.2, -0.15) is 0 Å². The molecule has 47 heavy (non-hydrogen) atoms. The summed E-state index contributed by atoms with van der Waals surface area (Å²) < 4.78 is 24.7. The second-order valence-electron chi connectivity index (χ2n) is 11.8. The van der Waals surface area contributed by atoms with Gasteiger partial charge in [0.25, 0.3) is 11.1 Å². The summed E-state index contributed by atoms with van der Waals surface area (Å²) in [6, 6.07) is 8.14. The lowest BCUT2D eigenvalue weighted by Gasteiger charge is -2.42. The van der Waals surface area contributed by atoms with Crippen LogP contribution in [-0.2, 0) is 18.9 Å². The van der Waals surface area contributed by atoms with Gasteiger partial charge >= 0.3 is 5.69 Å². The van der Waals surface area contributed by atoms with E-state index in [-0.39, 0.29) is 56.8 Å². The number of allylic oxidation sites excluding steroid dienone is 1. The fourth-order valence-corrected chi connectivity index (χ4v) is 7.30. The number of aromatic nitrogens is 3. The Hall–Kier alpha value is -5.30. The summed E-state index contributed by atoms with van der Waals surface area (Å²) in [5.41, 5.74) is -3.15. The van der Waals surface area contributed by atoms with Crippen LogP contribution in [0, 0.1) is 5.92 Å². The van der Waals surface area contributed by atoms with Crippen LogP contribution in [0.15, 0.2) is 56.0 Å². The molecule has 14 heteroatoms. The molecule has 0 saturated heterocycles. The average molecular weight is 661 g/mol. The largest absolute Gasteiger partial charge is 0.497 e. The first kappa shape index (κ1) is 30.4. The highest BCUT2D eigenvalue weighted by molar-refractivity contribution is 6.36. The number of carbonyl (C=O) groups excluding carboxylic acids is 2. The topological polar surface area (TPSA) is 160 Å². The molecule has 0 saturated carbocycles. The normalized spacial score (nSPS) is 21.3. The number of methoxy groups -OCH3 is 3. The van der Waals surface area contributed by atoms with Gasteiger partial charge in [-0.05, 0) is 30.0 Å². The molecule has 4 heterocycles. The van der Waals surface area contributed by atoms with Gasteiger partial charge in [-0.25, -0.2) is 4.79 Å². The fraction of sp³-hybridized carbons (Fsp3) is 0.303. The van der Waals surface area contributed by atoms with Crippen LogP contribution in [0.2, 0.25) is 5.02 Å². The maximum atomic E-state index is 15.1. The second-order valence-corrected chi connectivity index (χ2v) is 12.2. The van der Waals surface area contributed by atoms with Crippen molar-refractivity contribution in [2.45, 2.75) is 24.9 Å². The summed E-state index contributed by atoms with van der Waals surface area (Å²) in [6.07, 6.45) is 0.0832. The van der Waals surface area contributed by atoms with E-state index in [1.807, 2.05) is 0 Å². The smallest absolute Gasteiger partial charge is 0.332 e. The van der Waals surface area contributed by atoms with E-state index < -0.39 is 45.8 Å². The molecule has 0 amide bonds. The predicted molar refractivity (Wildman–Crippen MR) is 172 cm³/mol. The van der Waals surface area contributed by atoms with Crippen LogP contribution in [-0.4, -0.2) is 52.6 Å². The number of ketones is 2. The number of ether oxygens (including phenoxy) is 4. The van der Waals surface area contributed by atoms with Crippen molar-refractivity contribution >= 4 is 39.9 Å². The zero-order chi connectivity index (χ0) is 33.7. The third-order valence-electron chi connectivity index (χ3n) is 9.47. The molecular weight excluding hydrogens is 632 g/mol. The number of Topliss-reactive ketones (excluding diaryl/α,β-unsaturated/α-hetero) is 2. The van der Waals surface area contributed by atoms with Crippen LogP contribution >= 0.6 is 11.6 Å². The zero-order valence-electron chi connectivity index (χ0n) is 26.2. The maximum absolute atomic E-state index is 15.1. The Kier molecular flexibility index (Phi) is 6.69.